The van der Waals surface area contributed by atoms with Crippen LogP contribution in [0, 0.1) is 30.3 Å². The maximum Gasteiger partial charge on any atom is 0.332 e. The van der Waals surface area contributed by atoms with Crippen molar-refractivity contribution in [3.05, 3.63) is 30.3 Å². The fourth-order valence-electron chi connectivity index (χ4n) is 1.12. The number of rotatable bonds is 14. The highest BCUT2D eigenvalue weighted by Gasteiger charge is 2.32. The first kappa shape index (κ1) is 21.5. The summed E-state index contributed by atoms with van der Waals surface area (Å²) in [6.07, 6.45) is 0. The number of aliphatic carboxylic acids is 2. The number of hydrazine groups is 3. The molecule has 0 saturated carbocycles. The molecule has 0 rings (SSSR count). The fraction of sp³-hybridized carbons (Fsp3) is 0.714. The topological polar surface area (TPSA) is 232 Å². The molecule has 18 nitrogen and oxygen atoms in total. The summed E-state index contributed by atoms with van der Waals surface area (Å²) in [5.41, 5.74) is 0. The SMILES string of the molecule is O=C(O)COCN(CN(CN(OCC(=O)O)[N+](=O)[O-])[N+](=O)[O-])[N+](=O)[O-]. The second-order valence-corrected chi connectivity index (χ2v) is 3.90. The molecule has 0 aliphatic rings. The van der Waals surface area contributed by atoms with Gasteiger partial charge in [-0.2, -0.15) is 0 Å². The van der Waals surface area contributed by atoms with Gasteiger partial charge in [-0.25, -0.2) is 44.8 Å². The van der Waals surface area contributed by atoms with Crippen LogP contribution in [0.1, 0.15) is 0 Å². The number of carboxylic acids is 2. The van der Waals surface area contributed by atoms with Gasteiger partial charge in [-0.05, 0) is 0 Å². The van der Waals surface area contributed by atoms with Crippen molar-refractivity contribution >= 4 is 11.9 Å². The van der Waals surface area contributed by atoms with Gasteiger partial charge in [0.2, 0.25) is 13.3 Å². The van der Waals surface area contributed by atoms with Crippen LogP contribution in [0.3, 0.4) is 0 Å². The van der Waals surface area contributed by atoms with Crippen molar-refractivity contribution in [2.24, 2.45) is 0 Å². The van der Waals surface area contributed by atoms with E-state index in [9.17, 15) is 39.9 Å². The molecule has 0 radical (unpaired) electrons. The first-order valence-electron chi connectivity index (χ1n) is 5.89. The maximum absolute atomic E-state index is 10.9. The minimum atomic E-state index is -1.60. The molecule has 0 atom stereocenters. The second-order valence-electron chi connectivity index (χ2n) is 3.90. The van der Waals surface area contributed by atoms with Crippen LogP contribution >= 0.6 is 0 Å². The predicted octanol–water partition coefficient (Wildman–Crippen LogP) is -2.54. The quantitative estimate of drug-likeness (QED) is 0.181. The Labute approximate surface area is 136 Å². The van der Waals surface area contributed by atoms with Gasteiger partial charge >= 0.3 is 11.9 Å². The van der Waals surface area contributed by atoms with Crippen molar-refractivity contribution in [1.82, 2.24) is 15.2 Å². The molecule has 0 aliphatic carbocycles. The molecule has 142 valence electrons. The van der Waals surface area contributed by atoms with Gasteiger partial charge in [0.05, 0.1) is 0 Å². The molecule has 18 heteroatoms. The van der Waals surface area contributed by atoms with Crippen LogP contribution in [0.25, 0.3) is 0 Å². The zero-order chi connectivity index (χ0) is 19.6. The molecule has 0 fully saturated rings. The Morgan fingerprint density at radius 2 is 1.36 bits per heavy atom. The summed E-state index contributed by atoms with van der Waals surface area (Å²) in [5, 5.41) is 45.0. The van der Waals surface area contributed by atoms with E-state index in [1.165, 1.54) is 0 Å². The Kier molecular flexibility index (Phi) is 8.82. The monoisotopic (exact) mass is 372 g/mol. The molecule has 0 aromatic carbocycles. The molecular formula is C7H12N6O12. The number of hydrogen-bond donors (Lipinski definition) is 2. The van der Waals surface area contributed by atoms with Gasteiger partial charge in [-0.1, -0.05) is 10.0 Å². The molecule has 0 spiro atoms. The molecule has 0 aliphatic heterocycles. The van der Waals surface area contributed by atoms with Crippen LogP contribution in [0.15, 0.2) is 0 Å². The largest absolute Gasteiger partial charge is 0.480 e. The lowest BCUT2D eigenvalue weighted by Crippen LogP contribution is -2.50. The van der Waals surface area contributed by atoms with Crippen LogP contribution in [0.5, 0.6) is 0 Å². The average molecular weight is 372 g/mol. The summed E-state index contributed by atoms with van der Waals surface area (Å²) >= 11 is 0. The van der Waals surface area contributed by atoms with Crippen LogP contribution in [0.2, 0.25) is 0 Å². The Balaban J connectivity index is 4.94. The van der Waals surface area contributed by atoms with E-state index in [1.807, 2.05) is 0 Å². The van der Waals surface area contributed by atoms with Gasteiger partial charge in [-0.15, -0.1) is 0 Å². The normalized spacial score (nSPS) is 9.92. The Morgan fingerprint density at radius 3 is 1.76 bits per heavy atom. The molecule has 0 amide bonds. The van der Waals surface area contributed by atoms with E-state index in [0.717, 1.165) is 0 Å². The summed E-state index contributed by atoms with van der Waals surface area (Å²) in [5.74, 6) is -3.05. The predicted molar refractivity (Wildman–Crippen MR) is 68.3 cm³/mol. The Bertz CT molecular complexity index is 526. The van der Waals surface area contributed by atoms with Gasteiger partial charge < -0.3 is 14.9 Å². The number of carbonyl (C=O) groups is 2. The van der Waals surface area contributed by atoms with E-state index in [-0.39, 0.29) is 15.2 Å². The van der Waals surface area contributed by atoms with Crippen LogP contribution in [0.4, 0.5) is 0 Å². The lowest BCUT2D eigenvalue weighted by Gasteiger charge is -2.20. The lowest BCUT2D eigenvalue weighted by molar-refractivity contribution is -0.774. The third-order valence-electron chi connectivity index (χ3n) is 2.06. The molecule has 2 N–H and O–H groups in total. The van der Waals surface area contributed by atoms with E-state index in [2.05, 4.69) is 9.57 Å². The molecule has 0 aromatic heterocycles. The van der Waals surface area contributed by atoms with Crippen LogP contribution in [-0.4, -0.2) is 85.7 Å². The van der Waals surface area contributed by atoms with Gasteiger partial charge in [0.1, 0.15) is 6.61 Å². The number of ether oxygens (including phenoxy) is 1. The summed E-state index contributed by atoms with van der Waals surface area (Å²) in [4.78, 5) is 57.0. The fourth-order valence-corrected chi connectivity index (χ4v) is 1.12. The molecule has 0 saturated heterocycles. The number of nitro groups is 3. The Morgan fingerprint density at radius 1 is 0.840 bits per heavy atom. The molecule has 0 aromatic rings. The summed E-state index contributed by atoms with van der Waals surface area (Å²) in [6.45, 7) is -5.53. The number of hydroxylamine groups is 1. The highest BCUT2D eigenvalue weighted by Crippen LogP contribution is 2.01. The average Bonchev–Trinajstić information content (AvgIpc) is 2.46. The van der Waals surface area contributed by atoms with Crippen molar-refractivity contribution in [1.29, 1.82) is 0 Å². The van der Waals surface area contributed by atoms with E-state index < -0.39 is 60.3 Å². The molecule has 0 bridgehead atoms. The van der Waals surface area contributed by atoms with Crippen molar-refractivity contribution in [2.45, 2.75) is 0 Å². The third kappa shape index (κ3) is 9.25. The zero-order valence-corrected chi connectivity index (χ0v) is 12.2. The summed E-state index contributed by atoms with van der Waals surface area (Å²) in [6, 6.07) is 0. The van der Waals surface area contributed by atoms with Gasteiger partial charge in [0, 0.05) is 5.17 Å². The Hall–Kier alpha value is -3.54. The van der Waals surface area contributed by atoms with Crippen molar-refractivity contribution in [3.8, 4) is 0 Å². The van der Waals surface area contributed by atoms with E-state index in [0.29, 0.717) is 0 Å². The number of nitrogens with zero attached hydrogens (tertiary/aromatic N) is 6. The maximum atomic E-state index is 10.9. The van der Waals surface area contributed by atoms with E-state index in [4.69, 9.17) is 10.2 Å². The van der Waals surface area contributed by atoms with Crippen molar-refractivity contribution in [2.75, 3.05) is 33.3 Å². The molecule has 0 heterocycles. The molecular weight excluding hydrogens is 360 g/mol. The summed E-state index contributed by atoms with van der Waals surface area (Å²) in [7, 11) is 0. The standard InChI is InChI=1S/C7H12N6O12/c14-6(15)1-24-5-9(12(20)21)3-8(11(18)19)4-10(13(22)23)25-2-7(16)17/h1-5H2,(H,14,15)(H,16,17). The van der Waals surface area contributed by atoms with Crippen molar-refractivity contribution < 1.29 is 44.5 Å². The summed E-state index contributed by atoms with van der Waals surface area (Å²) < 4.78 is 4.41. The first-order chi connectivity index (χ1) is 11.5. The van der Waals surface area contributed by atoms with Gasteiger partial charge in [0.15, 0.2) is 28.4 Å². The zero-order valence-electron chi connectivity index (χ0n) is 12.2. The number of hydrogen-bond acceptors (Lipinski definition) is 10. The van der Waals surface area contributed by atoms with E-state index >= 15 is 0 Å². The smallest absolute Gasteiger partial charge is 0.332 e. The van der Waals surface area contributed by atoms with Crippen LogP contribution < -0.4 is 0 Å². The van der Waals surface area contributed by atoms with Crippen molar-refractivity contribution in [3.63, 3.8) is 0 Å². The van der Waals surface area contributed by atoms with Crippen LogP contribution in [-0.2, 0) is 19.2 Å². The minimum absolute atomic E-state index is 0.0566. The molecule has 25 heavy (non-hydrogen) atoms. The van der Waals surface area contributed by atoms with Gasteiger partial charge in [-0.3, -0.25) is 0 Å². The second kappa shape index (κ2) is 10.3. The highest BCUT2D eigenvalue weighted by molar-refractivity contribution is 5.68. The first-order valence-corrected chi connectivity index (χ1v) is 5.89. The third-order valence-corrected chi connectivity index (χ3v) is 2.06. The number of carboxylic acid groups (broad SMARTS) is 2. The minimum Gasteiger partial charge on any atom is -0.480 e. The highest BCUT2D eigenvalue weighted by atomic mass is 16.8. The lowest BCUT2D eigenvalue weighted by atomic mass is 10.7. The van der Waals surface area contributed by atoms with E-state index in [1.54, 1.807) is 0 Å². The van der Waals surface area contributed by atoms with Gasteiger partial charge in [0.25, 0.3) is 0 Å². The molecule has 0 unspecified atom stereocenters.